The maximum absolute atomic E-state index is 6.10. The number of aromatic nitrogens is 1. The smallest absolute Gasteiger partial charge is 0.148 e. The minimum Gasteiger partial charge on any atom is -0.396 e. The molecule has 2 aromatic rings. The van der Waals surface area contributed by atoms with E-state index in [1.54, 1.807) is 24.3 Å². The summed E-state index contributed by atoms with van der Waals surface area (Å²) >= 11 is 18.0. The van der Waals surface area contributed by atoms with E-state index in [2.05, 4.69) is 4.98 Å². The molecule has 2 rings (SSSR count). The third-order valence-electron chi connectivity index (χ3n) is 2.28. The molecule has 4 N–H and O–H groups in total. The number of pyridine rings is 1. The van der Waals surface area contributed by atoms with Gasteiger partial charge >= 0.3 is 0 Å². The second-order valence-electron chi connectivity index (χ2n) is 3.40. The predicted octanol–water partition coefficient (Wildman–Crippen LogP) is 3.87. The van der Waals surface area contributed by atoms with Crippen molar-refractivity contribution in [3.63, 3.8) is 0 Å². The van der Waals surface area contributed by atoms with Crippen LogP contribution in [0.3, 0.4) is 0 Å². The molecule has 0 radical (unpaired) electrons. The van der Waals surface area contributed by atoms with Crippen molar-refractivity contribution in [3.8, 4) is 11.1 Å². The number of nitrogens with two attached hydrogens (primary N) is 2. The maximum Gasteiger partial charge on any atom is 0.148 e. The minimum absolute atomic E-state index is 0.192. The Kier molecular flexibility index (Phi) is 3.33. The first-order valence-corrected chi connectivity index (χ1v) is 5.80. The molecule has 3 nitrogen and oxygen atoms in total. The Morgan fingerprint density at radius 1 is 1.00 bits per heavy atom. The van der Waals surface area contributed by atoms with Gasteiger partial charge in [-0.05, 0) is 12.1 Å². The zero-order valence-electron chi connectivity index (χ0n) is 8.55. The van der Waals surface area contributed by atoms with Crippen LogP contribution in [-0.2, 0) is 0 Å². The lowest BCUT2D eigenvalue weighted by Crippen LogP contribution is -1.99. The molecule has 17 heavy (non-hydrogen) atoms. The molecule has 0 aliphatic rings. The van der Waals surface area contributed by atoms with Crippen LogP contribution in [0.25, 0.3) is 11.1 Å². The highest BCUT2D eigenvalue weighted by Gasteiger charge is 2.13. The molecule has 0 unspecified atom stereocenters. The monoisotopic (exact) mass is 287 g/mol. The summed E-state index contributed by atoms with van der Waals surface area (Å²) in [6.07, 6.45) is 0. The fourth-order valence-corrected chi connectivity index (χ4v) is 2.07. The van der Waals surface area contributed by atoms with Crippen LogP contribution in [0.15, 0.2) is 24.3 Å². The zero-order valence-corrected chi connectivity index (χ0v) is 10.8. The molecule has 1 aromatic heterocycles. The Morgan fingerprint density at radius 3 is 2.41 bits per heavy atom. The summed E-state index contributed by atoms with van der Waals surface area (Å²) in [7, 11) is 0. The van der Waals surface area contributed by atoms with E-state index in [-0.39, 0.29) is 11.0 Å². The van der Waals surface area contributed by atoms with Crippen LogP contribution >= 0.6 is 34.8 Å². The molecular weight excluding hydrogens is 281 g/mol. The van der Waals surface area contributed by atoms with E-state index in [0.29, 0.717) is 26.9 Å². The molecule has 0 fully saturated rings. The Morgan fingerprint density at radius 2 is 1.71 bits per heavy atom. The van der Waals surface area contributed by atoms with E-state index in [9.17, 15) is 0 Å². The van der Waals surface area contributed by atoms with Crippen molar-refractivity contribution in [1.29, 1.82) is 0 Å². The second-order valence-corrected chi connectivity index (χ2v) is 4.55. The molecule has 0 saturated heterocycles. The van der Waals surface area contributed by atoms with E-state index in [1.165, 1.54) is 0 Å². The first kappa shape index (κ1) is 12.3. The fraction of sp³-hybridized carbons (Fsp3) is 0. The van der Waals surface area contributed by atoms with Crippen LogP contribution in [0.2, 0.25) is 15.2 Å². The molecule has 1 heterocycles. The number of nitrogens with zero attached hydrogens (tertiary/aromatic N) is 1. The quantitative estimate of drug-likeness (QED) is 0.783. The van der Waals surface area contributed by atoms with Gasteiger partial charge in [-0.3, -0.25) is 0 Å². The van der Waals surface area contributed by atoms with Crippen LogP contribution < -0.4 is 11.5 Å². The fourth-order valence-electron chi connectivity index (χ4n) is 1.42. The average molecular weight is 289 g/mol. The van der Waals surface area contributed by atoms with Gasteiger partial charge in [0.1, 0.15) is 11.0 Å². The highest BCUT2D eigenvalue weighted by Crippen LogP contribution is 2.37. The lowest BCUT2D eigenvalue weighted by Gasteiger charge is -2.09. The Labute approximate surface area is 113 Å². The van der Waals surface area contributed by atoms with Crippen molar-refractivity contribution in [2.45, 2.75) is 0 Å². The van der Waals surface area contributed by atoms with Gasteiger partial charge in [-0.15, -0.1) is 0 Å². The van der Waals surface area contributed by atoms with Gasteiger partial charge in [0, 0.05) is 11.1 Å². The standard InChI is InChI=1S/C11H8Cl3N3/c12-7-3-1-2-5(9(7)13)6-4-8(15)11(16)17-10(6)14/h1-4H,15H2,(H2,16,17). The highest BCUT2D eigenvalue weighted by molar-refractivity contribution is 6.44. The molecule has 0 bridgehead atoms. The summed E-state index contributed by atoms with van der Waals surface area (Å²) < 4.78 is 0. The van der Waals surface area contributed by atoms with Gasteiger partial charge in [0.15, 0.2) is 0 Å². The molecule has 88 valence electrons. The summed E-state index contributed by atoms with van der Waals surface area (Å²) in [5, 5.41) is 1.08. The lowest BCUT2D eigenvalue weighted by atomic mass is 10.1. The maximum atomic E-state index is 6.10. The van der Waals surface area contributed by atoms with Gasteiger partial charge in [-0.1, -0.05) is 46.9 Å². The summed E-state index contributed by atoms with van der Waals surface area (Å²) in [6, 6.07) is 6.87. The molecular formula is C11H8Cl3N3. The molecule has 0 saturated carbocycles. The molecule has 0 atom stereocenters. The average Bonchev–Trinajstić information content (AvgIpc) is 2.28. The number of halogens is 3. The number of hydrogen-bond donors (Lipinski definition) is 2. The number of anilines is 2. The normalized spacial score (nSPS) is 10.5. The van der Waals surface area contributed by atoms with Crippen LogP contribution in [0.5, 0.6) is 0 Å². The van der Waals surface area contributed by atoms with Crippen LogP contribution in [0.4, 0.5) is 11.5 Å². The summed E-state index contributed by atoms with van der Waals surface area (Å²) in [4.78, 5) is 3.94. The van der Waals surface area contributed by atoms with E-state index in [4.69, 9.17) is 46.3 Å². The Balaban J connectivity index is 2.69. The molecule has 0 aliphatic carbocycles. The van der Waals surface area contributed by atoms with Gasteiger partial charge < -0.3 is 11.5 Å². The lowest BCUT2D eigenvalue weighted by molar-refractivity contribution is 1.34. The predicted molar refractivity (Wildman–Crippen MR) is 73.5 cm³/mol. The van der Waals surface area contributed by atoms with Crippen molar-refractivity contribution in [2.24, 2.45) is 0 Å². The van der Waals surface area contributed by atoms with Crippen LogP contribution in [-0.4, -0.2) is 4.98 Å². The van der Waals surface area contributed by atoms with Gasteiger partial charge in [-0.25, -0.2) is 4.98 Å². The summed E-state index contributed by atoms with van der Waals surface area (Å²) in [5.74, 6) is 0.192. The largest absolute Gasteiger partial charge is 0.396 e. The second kappa shape index (κ2) is 4.61. The SMILES string of the molecule is Nc1cc(-c2cccc(Cl)c2Cl)c(Cl)nc1N. The zero-order chi connectivity index (χ0) is 12.6. The molecule has 0 aliphatic heterocycles. The van der Waals surface area contributed by atoms with E-state index >= 15 is 0 Å². The van der Waals surface area contributed by atoms with Gasteiger partial charge in [0.25, 0.3) is 0 Å². The van der Waals surface area contributed by atoms with E-state index in [1.807, 2.05) is 0 Å². The van der Waals surface area contributed by atoms with Gasteiger partial charge in [-0.2, -0.15) is 0 Å². The van der Waals surface area contributed by atoms with E-state index in [0.717, 1.165) is 0 Å². The first-order valence-electron chi connectivity index (χ1n) is 4.66. The molecule has 0 spiro atoms. The molecule has 1 aromatic carbocycles. The van der Waals surface area contributed by atoms with Gasteiger partial charge in [0.05, 0.1) is 15.7 Å². The highest BCUT2D eigenvalue weighted by atomic mass is 35.5. The Bertz CT molecular complexity index is 584. The Hall–Kier alpha value is -1.16. The van der Waals surface area contributed by atoms with Crippen molar-refractivity contribution in [1.82, 2.24) is 4.98 Å². The third-order valence-corrected chi connectivity index (χ3v) is 3.39. The van der Waals surface area contributed by atoms with Gasteiger partial charge in [0.2, 0.25) is 0 Å². The minimum atomic E-state index is 0.192. The van der Waals surface area contributed by atoms with Crippen LogP contribution in [0, 0.1) is 0 Å². The summed E-state index contributed by atoms with van der Waals surface area (Å²) in [6.45, 7) is 0. The molecule has 0 amide bonds. The third kappa shape index (κ3) is 2.27. The number of rotatable bonds is 1. The number of benzene rings is 1. The number of nitrogen functional groups attached to an aromatic ring is 2. The topological polar surface area (TPSA) is 64.9 Å². The van der Waals surface area contributed by atoms with Crippen molar-refractivity contribution < 1.29 is 0 Å². The number of hydrogen-bond acceptors (Lipinski definition) is 3. The van der Waals surface area contributed by atoms with Crippen molar-refractivity contribution >= 4 is 46.3 Å². The van der Waals surface area contributed by atoms with E-state index < -0.39 is 0 Å². The van der Waals surface area contributed by atoms with Crippen molar-refractivity contribution in [2.75, 3.05) is 11.5 Å². The van der Waals surface area contributed by atoms with Crippen molar-refractivity contribution in [3.05, 3.63) is 39.5 Å². The summed E-state index contributed by atoms with van der Waals surface area (Å²) in [5.41, 5.74) is 12.9. The van der Waals surface area contributed by atoms with Crippen LogP contribution in [0.1, 0.15) is 0 Å². The first-order chi connectivity index (χ1) is 8.00. The molecule has 6 heteroatoms.